The summed E-state index contributed by atoms with van der Waals surface area (Å²) < 4.78 is 0. The zero-order valence-corrected chi connectivity index (χ0v) is 16.5. The van der Waals surface area contributed by atoms with Gasteiger partial charge in [0.2, 0.25) is 0 Å². The van der Waals surface area contributed by atoms with E-state index in [0.29, 0.717) is 23.2 Å². The minimum Gasteiger partial charge on any atom is -0.363 e. The number of nitrogens with zero attached hydrogens (tertiary/aromatic N) is 2. The van der Waals surface area contributed by atoms with Gasteiger partial charge < -0.3 is 20.6 Å². The molecule has 5 aromatic rings. The molecular weight excluding hydrogens is 400 g/mol. The van der Waals surface area contributed by atoms with Crippen molar-refractivity contribution < 1.29 is 0 Å². The van der Waals surface area contributed by atoms with Crippen molar-refractivity contribution in [1.82, 2.24) is 19.9 Å². The zero-order valence-electron chi connectivity index (χ0n) is 15.7. The van der Waals surface area contributed by atoms with Crippen LogP contribution in [0.15, 0.2) is 71.5 Å². The van der Waals surface area contributed by atoms with Gasteiger partial charge in [-0.3, -0.25) is 0 Å². The van der Waals surface area contributed by atoms with Crippen LogP contribution in [0.5, 0.6) is 0 Å². The second-order valence-electron chi connectivity index (χ2n) is 6.85. The quantitative estimate of drug-likeness (QED) is 0.329. The summed E-state index contributed by atoms with van der Waals surface area (Å²) in [6.45, 7) is 0.572. The monoisotopic (exact) mass is 416 g/mol. The fourth-order valence-corrected chi connectivity index (χ4v) is 3.37. The van der Waals surface area contributed by atoms with Crippen LogP contribution < -0.4 is 16.3 Å². The maximum atomic E-state index is 11.5. The topological polar surface area (TPSA) is 98.5 Å². The van der Waals surface area contributed by atoms with E-state index in [1.54, 1.807) is 0 Å². The molecule has 0 aliphatic rings. The van der Waals surface area contributed by atoms with E-state index in [1.807, 2.05) is 66.7 Å². The van der Waals surface area contributed by atoms with Crippen molar-refractivity contribution in [2.45, 2.75) is 6.54 Å². The minimum atomic E-state index is -0.238. The number of aromatic amines is 2. The average molecular weight is 417 g/mol. The van der Waals surface area contributed by atoms with Crippen LogP contribution in [0, 0.1) is 0 Å². The number of aromatic nitrogens is 4. The van der Waals surface area contributed by atoms with E-state index in [1.165, 1.54) is 0 Å². The van der Waals surface area contributed by atoms with E-state index in [-0.39, 0.29) is 5.69 Å². The molecule has 0 spiro atoms. The summed E-state index contributed by atoms with van der Waals surface area (Å²) in [5.74, 6) is 1.23. The van der Waals surface area contributed by atoms with Gasteiger partial charge >= 0.3 is 5.69 Å². The number of rotatable bonds is 5. The van der Waals surface area contributed by atoms with Crippen molar-refractivity contribution in [2.24, 2.45) is 0 Å². The second-order valence-corrected chi connectivity index (χ2v) is 7.29. The number of para-hydroxylation sites is 2. The van der Waals surface area contributed by atoms with E-state index in [2.05, 4.69) is 20.6 Å². The van der Waals surface area contributed by atoms with Crippen LogP contribution in [0.2, 0.25) is 5.02 Å². The predicted molar refractivity (Wildman–Crippen MR) is 121 cm³/mol. The van der Waals surface area contributed by atoms with Gasteiger partial charge in [-0.25, -0.2) is 14.8 Å². The molecular formula is C22H17ClN6O. The van der Waals surface area contributed by atoms with E-state index < -0.39 is 0 Å². The molecule has 148 valence electrons. The number of benzene rings is 3. The van der Waals surface area contributed by atoms with Crippen LogP contribution in [0.4, 0.5) is 17.3 Å². The van der Waals surface area contributed by atoms with Crippen LogP contribution in [-0.2, 0) is 6.54 Å². The van der Waals surface area contributed by atoms with Gasteiger partial charge in [0.15, 0.2) is 11.6 Å². The lowest BCUT2D eigenvalue weighted by molar-refractivity contribution is 1.11. The van der Waals surface area contributed by atoms with Crippen LogP contribution in [-0.4, -0.2) is 19.9 Å². The van der Waals surface area contributed by atoms with E-state index in [9.17, 15) is 4.79 Å². The maximum absolute atomic E-state index is 11.5. The van der Waals surface area contributed by atoms with Gasteiger partial charge in [-0.05, 0) is 48.0 Å². The number of hydrogen-bond donors (Lipinski definition) is 4. The Hall–Kier alpha value is -3.84. The molecule has 0 aliphatic carbocycles. The Morgan fingerprint density at radius 2 is 1.53 bits per heavy atom. The van der Waals surface area contributed by atoms with Gasteiger partial charge in [0.25, 0.3) is 0 Å². The molecule has 2 aromatic heterocycles. The number of H-pyrrole nitrogens is 2. The highest BCUT2D eigenvalue weighted by Gasteiger charge is 2.10. The summed E-state index contributed by atoms with van der Waals surface area (Å²) in [7, 11) is 0. The Morgan fingerprint density at radius 3 is 2.30 bits per heavy atom. The Balaban J connectivity index is 1.50. The van der Waals surface area contributed by atoms with Crippen LogP contribution in [0.25, 0.3) is 22.1 Å². The molecule has 0 saturated heterocycles. The molecule has 5 rings (SSSR count). The Labute approximate surface area is 176 Å². The Bertz CT molecular complexity index is 1410. The smallest absolute Gasteiger partial charge is 0.323 e. The van der Waals surface area contributed by atoms with Crippen LogP contribution in [0.3, 0.4) is 0 Å². The first kappa shape index (κ1) is 18.2. The number of hydrogen-bond acceptors (Lipinski definition) is 5. The third-order valence-electron chi connectivity index (χ3n) is 4.72. The molecule has 0 saturated carbocycles. The van der Waals surface area contributed by atoms with Crippen molar-refractivity contribution >= 4 is 51.0 Å². The molecule has 0 radical (unpaired) electrons. The van der Waals surface area contributed by atoms with E-state index in [4.69, 9.17) is 21.6 Å². The van der Waals surface area contributed by atoms with Crippen molar-refractivity contribution in [2.75, 3.05) is 10.6 Å². The average Bonchev–Trinajstić information content (AvgIpc) is 3.12. The Kier molecular flexibility index (Phi) is 4.57. The zero-order chi connectivity index (χ0) is 20.5. The minimum absolute atomic E-state index is 0.238. The number of nitrogens with one attached hydrogen (secondary N) is 4. The second kappa shape index (κ2) is 7.53. The summed E-state index contributed by atoms with van der Waals surface area (Å²) in [6, 6.07) is 20.9. The third kappa shape index (κ3) is 3.70. The summed E-state index contributed by atoms with van der Waals surface area (Å²) in [5.41, 5.74) is 4.67. The van der Waals surface area contributed by atoms with Gasteiger partial charge in [-0.2, -0.15) is 0 Å². The standard InChI is InChI=1S/C22H17ClN6O/c23-14-7-5-13(6-8-14)12-24-20-21(27-17-4-2-1-3-16(17)26-20)25-15-9-10-18-19(11-15)29-22(30)28-18/h1-11H,12H2,(H,24,26)(H,25,27)(H2,28,29,30). The fourth-order valence-electron chi connectivity index (χ4n) is 3.25. The first-order valence-corrected chi connectivity index (χ1v) is 9.76. The van der Waals surface area contributed by atoms with Crippen molar-refractivity contribution in [1.29, 1.82) is 0 Å². The first-order valence-electron chi connectivity index (χ1n) is 9.38. The van der Waals surface area contributed by atoms with Crippen molar-refractivity contribution in [3.63, 3.8) is 0 Å². The lowest BCUT2D eigenvalue weighted by Gasteiger charge is -2.14. The molecule has 0 bridgehead atoms. The molecule has 7 nitrogen and oxygen atoms in total. The summed E-state index contributed by atoms with van der Waals surface area (Å²) >= 11 is 5.98. The van der Waals surface area contributed by atoms with Gasteiger partial charge in [-0.1, -0.05) is 35.9 Å². The fraction of sp³-hybridized carbons (Fsp3) is 0.0455. The molecule has 0 aliphatic heterocycles. The Morgan fingerprint density at radius 1 is 0.833 bits per heavy atom. The normalized spacial score (nSPS) is 11.1. The highest BCUT2D eigenvalue weighted by Crippen LogP contribution is 2.26. The first-order chi connectivity index (χ1) is 14.6. The molecule has 8 heteroatoms. The maximum Gasteiger partial charge on any atom is 0.323 e. The van der Waals surface area contributed by atoms with Crippen LogP contribution in [0.1, 0.15) is 5.56 Å². The van der Waals surface area contributed by atoms with Crippen molar-refractivity contribution in [3.05, 3.63) is 87.8 Å². The van der Waals surface area contributed by atoms with Crippen molar-refractivity contribution in [3.8, 4) is 0 Å². The molecule has 0 unspecified atom stereocenters. The van der Waals surface area contributed by atoms with Gasteiger partial charge in [0.1, 0.15) is 0 Å². The van der Waals surface area contributed by atoms with E-state index in [0.717, 1.165) is 33.3 Å². The molecule has 4 N–H and O–H groups in total. The summed E-state index contributed by atoms with van der Waals surface area (Å²) in [5, 5.41) is 7.38. The predicted octanol–water partition coefficient (Wildman–Crippen LogP) is 4.81. The van der Waals surface area contributed by atoms with E-state index >= 15 is 0 Å². The van der Waals surface area contributed by atoms with Crippen LogP contribution >= 0.6 is 11.6 Å². The summed E-state index contributed by atoms with van der Waals surface area (Å²) in [6.07, 6.45) is 0. The highest BCUT2D eigenvalue weighted by atomic mass is 35.5. The molecule has 2 heterocycles. The molecule has 0 atom stereocenters. The SMILES string of the molecule is O=c1[nH]c2ccc(Nc3nc4ccccc4nc3NCc3ccc(Cl)cc3)cc2[nH]1. The molecule has 0 fully saturated rings. The van der Waals surface area contributed by atoms with Gasteiger partial charge in [0, 0.05) is 17.3 Å². The molecule has 30 heavy (non-hydrogen) atoms. The van der Waals surface area contributed by atoms with Gasteiger partial charge in [-0.15, -0.1) is 0 Å². The molecule has 3 aromatic carbocycles. The number of anilines is 3. The lowest BCUT2D eigenvalue weighted by Crippen LogP contribution is -2.07. The highest BCUT2D eigenvalue weighted by molar-refractivity contribution is 6.30. The van der Waals surface area contributed by atoms with Gasteiger partial charge in [0.05, 0.1) is 22.1 Å². The number of halogens is 1. The third-order valence-corrected chi connectivity index (χ3v) is 4.97. The molecule has 0 amide bonds. The summed E-state index contributed by atoms with van der Waals surface area (Å²) in [4.78, 5) is 26.5. The largest absolute Gasteiger partial charge is 0.363 e. The number of fused-ring (bicyclic) bond motifs is 2. The number of imidazole rings is 1. The lowest BCUT2D eigenvalue weighted by atomic mass is 10.2.